The molecule has 0 radical (unpaired) electrons. The predicted molar refractivity (Wildman–Crippen MR) is 125 cm³/mol. The van der Waals surface area contributed by atoms with Gasteiger partial charge < -0.3 is 9.80 Å². The number of anilines is 1. The van der Waals surface area contributed by atoms with Crippen molar-refractivity contribution in [2.24, 2.45) is 0 Å². The van der Waals surface area contributed by atoms with Gasteiger partial charge in [0, 0.05) is 50.3 Å². The summed E-state index contributed by atoms with van der Waals surface area (Å²) < 4.78 is 25.6. The number of rotatable bonds is 6. The van der Waals surface area contributed by atoms with E-state index in [1.807, 2.05) is 19.1 Å². The van der Waals surface area contributed by atoms with E-state index >= 15 is 0 Å². The number of nitrogens with zero attached hydrogens (tertiary/aromatic N) is 4. The Hall–Kier alpha value is -2.48. The third-order valence-corrected chi connectivity index (χ3v) is 8.06. The molecule has 1 amide bonds. The summed E-state index contributed by atoms with van der Waals surface area (Å²) in [5, 5.41) is 0. The zero-order valence-corrected chi connectivity index (χ0v) is 20.0. The second-order valence-electron chi connectivity index (χ2n) is 9.10. The van der Waals surface area contributed by atoms with Crippen LogP contribution in [0.5, 0.6) is 0 Å². The van der Waals surface area contributed by atoms with Crippen molar-refractivity contribution in [3.05, 3.63) is 46.9 Å². The van der Waals surface area contributed by atoms with Crippen LogP contribution in [0.2, 0.25) is 0 Å². The molecule has 0 atom stereocenters. The molecule has 172 valence electrons. The number of aromatic nitrogens is 2. The van der Waals surface area contributed by atoms with E-state index in [1.54, 1.807) is 17.0 Å². The van der Waals surface area contributed by atoms with Gasteiger partial charge in [-0.15, -0.1) is 0 Å². The van der Waals surface area contributed by atoms with Crippen LogP contribution in [0.4, 0.5) is 5.82 Å². The van der Waals surface area contributed by atoms with Crippen LogP contribution in [0.3, 0.4) is 0 Å². The molecule has 8 heteroatoms. The molecule has 1 aliphatic heterocycles. The first-order valence-corrected chi connectivity index (χ1v) is 13.1. The summed E-state index contributed by atoms with van der Waals surface area (Å²) in [5.74, 6) is 1.73. The van der Waals surface area contributed by atoms with Gasteiger partial charge in [-0.05, 0) is 49.4 Å². The number of hydrogen-bond donors (Lipinski definition) is 0. The zero-order valence-electron chi connectivity index (χ0n) is 19.2. The van der Waals surface area contributed by atoms with Gasteiger partial charge in [0.05, 0.1) is 10.6 Å². The maximum absolute atomic E-state index is 12.8. The number of carbonyl (C=O) groups is 1. The van der Waals surface area contributed by atoms with Gasteiger partial charge in [-0.1, -0.05) is 19.9 Å². The van der Waals surface area contributed by atoms with Crippen molar-refractivity contribution in [1.82, 2.24) is 14.9 Å². The fraction of sp³-hybridized carbons (Fsp3) is 0.542. The first-order valence-electron chi connectivity index (χ1n) is 11.5. The summed E-state index contributed by atoms with van der Waals surface area (Å²) in [7, 11) is -3.46. The Bertz CT molecular complexity index is 1110. The number of aryl methyl sites for hydroxylation is 3. The summed E-state index contributed by atoms with van der Waals surface area (Å²) in [6, 6.07) is 7.40. The number of piperazine rings is 1. The van der Waals surface area contributed by atoms with E-state index in [9.17, 15) is 13.2 Å². The molecular weight excluding hydrogens is 424 g/mol. The van der Waals surface area contributed by atoms with E-state index in [2.05, 4.69) is 28.7 Å². The number of amides is 1. The van der Waals surface area contributed by atoms with E-state index in [4.69, 9.17) is 0 Å². The highest BCUT2D eigenvalue weighted by atomic mass is 32.2. The van der Waals surface area contributed by atoms with Crippen molar-refractivity contribution >= 4 is 21.6 Å². The number of fused-ring (bicyclic) bond motifs is 1. The summed E-state index contributed by atoms with van der Waals surface area (Å²) in [6.45, 7) is 8.61. The van der Waals surface area contributed by atoms with Crippen LogP contribution in [0, 0.1) is 6.92 Å². The molecule has 1 saturated heterocycles. The lowest BCUT2D eigenvalue weighted by Crippen LogP contribution is -2.49. The van der Waals surface area contributed by atoms with Crippen LogP contribution in [-0.2, 0) is 27.5 Å². The zero-order chi connectivity index (χ0) is 22.9. The highest BCUT2D eigenvalue weighted by molar-refractivity contribution is 7.91. The molecule has 0 bridgehead atoms. The van der Waals surface area contributed by atoms with Gasteiger partial charge in [-0.2, -0.15) is 0 Å². The number of sulfone groups is 1. The molecule has 1 aromatic carbocycles. The standard InChI is InChI=1S/C24H32N4O3S/c1-17(2)24-25-18(3)15-22(26-24)27-10-12-28(13-11-27)23(29)9-14-32(30,31)21-8-7-19-5-4-6-20(19)16-21/h7-8,15-17H,4-6,9-14H2,1-3H3. The second-order valence-corrected chi connectivity index (χ2v) is 11.2. The number of carbonyl (C=O) groups excluding carboxylic acids is 1. The van der Waals surface area contributed by atoms with Crippen LogP contribution in [0.15, 0.2) is 29.2 Å². The van der Waals surface area contributed by atoms with Gasteiger partial charge >= 0.3 is 0 Å². The molecule has 1 fully saturated rings. The topological polar surface area (TPSA) is 83.5 Å². The molecule has 7 nitrogen and oxygen atoms in total. The Kier molecular flexibility index (Phi) is 6.51. The highest BCUT2D eigenvalue weighted by Crippen LogP contribution is 2.25. The molecule has 32 heavy (non-hydrogen) atoms. The van der Waals surface area contributed by atoms with Crippen molar-refractivity contribution in [1.29, 1.82) is 0 Å². The van der Waals surface area contributed by atoms with Gasteiger partial charge in [0.25, 0.3) is 0 Å². The van der Waals surface area contributed by atoms with Crippen molar-refractivity contribution in [2.75, 3.05) is 36.8 Å². The second kappa shape index (κ2) is 9.17. The van der Waals surface area contributed by atoms with E-state index in [-0.39, 0.29) is 24.0 Å². The number of benzene rings is 1. The van der Waals surface area contributed by atoms with Crippen molar-refractivity contribution in [3.63, 3.8) is 0 Å². The van der Waals surface area contributed by atoms with Gasteiger partial charge in [0.1, 0.15) is 11.6 Å². The lowest BCUT2D eigenvalue weighted by molar-refractivity contribution is -0.131. The van der Waals surface area contributed by atoms with E-state index < -0.39 is 9.84 Å². The summed E-state index contributed by atoms with van der Waals surface area (Å²) in [4.78, 5) is 26.2. The van der Waals surface area contributed by atoms with E-state index in [1.165, 1.54) is 5.56 Å². The van der Waals surface area contributed by atoms with Crippen LogP contribution in [0.25, 0.3) is 0 Å². The molecule has 2 aromatic rings. The van der Waals surface area contributed by atoms with E-state index in [0.29, 0.717) is 31.1 Å². The largest absolute Gasteiger partial charge is 0.353 e. The highest BCUT2D eigenvalue weighted by Gasteiger charge is 2.25. The lowest BCUT2D eigenvalue weighted by atomic mass is 10.1. The molecule has 2 heterocycles. The molecule has 0 spiro atoms. The Morgan fingerprint density at radius 2 is 1.75 bits per heavy atom. The maximum atomic E-state index is 12.8. The van der Waals surface area contributed by atoms with Crippen molar-refractivity contribution in [3.8, 4) is 0 Å². The quantitative estimate of drug-likeness (QED) is 0.665. The van der Waals surface area contributed by atoms with Gasteiger partial charge in [0.15, 0.2) is 9.84 Å². The number of hydrogen-bond acceptors (Lipinski definition) is 6. The average molecular weight is 457 g/mol. The Balaban J connectivity index is 1.33. The van der Waals surface area contributed by atoms with Gasteiger partial charge in [0.2, 0.25) is 5.91 Å². The third-order valence-electron chi connectivity index (χ3n) is 6.34. The van der Waals surface area contributed by atoms with Crippen molar-refractivity contribution < 1.29 is 13.2 Å². The van der Waals surface area contributed by atoms with Gasteiger partial charge in [-0.3, -0.25) is 4.79 Å². The third kappa shape index (κ3) is 4.95. The Morgan fingerprint density at radius 3 is 2.47 bits per heavy atom. The molecular formula is C24H32N4O3S. The summed E-state index contributed by atoms with van der Waals surface area (Å²) in [6.07, 6.45) is 3.06. The molecule has 2 aliphatic rings. The lowest BCUT2D eigenvalue weighted by Gasteiger charge is -2.35. The van der Waals surface area contributed by atoms with Gasteiger partial charge in [-0.25, -0.2) is 18.4 Å². The molecule has 0 unspecified atom stereocenters. The van der Waals surface area contributed by atoms with Crippen molar-refractivity contribution in [2.45, 2.75) is 57.3 Å². The fourth-order valence-corrected chi connectivity index (χ4v) is 5.70. The molecule has 0 N–H and O–H groups in total. The Labute approximate surface area is 190 Å². The minimum absolute atomic E-state index is 0.0174. The maximum Gasteiger partial charge on any atom is 0.223 e. The Morgan fingerprint density at radius 1 is 1.03 bits per heavy atom. The predicted octanol–water partition coefficient (Wildman–Crippen LogP) is 2.91. The monoisotopic (exact) mass is 456 g/mol. The van der Waals surface area contributed by atoms with Crippen LogP contribution < -0.4 is 4.90 Å². The van der Waals surface area contributed by atoms with Crippen LogP contribution >= 0.6 is 0 Å². The SMILES string of the molecule is Cc1cc(N2CCN(C(=O)CCS(=O)(=O)c3ccc4c(c3)CCC4)CC2)nc(C(C)C)n1. The summed E-state index contributed by atoms with van der Waals surface area (Å²) >= 11 is 0. The average Bonchev–Trinajstić information content (AvgIpc) is 3.25. The molecule has 1 aromatic heterocycles. The van der Waals surface area contributed by atoms with E-state index in [0.717, 1.165) is 42.2 Å². The molecule has 0 saturated carbocycles. The summed E-state index contributed by atoms with van der Waals surface area (Å²) in [5.41, 5.74) is 3.32. The normalized spacial score (nSPS) is 16.5. The smallest absolute Gasteiger partial charge is 0.223 e. The first-order chi connectivity index (χ1) is 15.2. The minimum atomic E-state index is -3.46. The fourth-order valence-electron chi connectivity index (χ4n) is 4.42. The first kappa shape index (κ1) is 22.7. The van der Waals surface area contributed by atoms with Crippen LogP contribution in [-0.4, -0.2) is 61.1 Å². The molecule has 4 rings (SSSR count). The minimum Gasteiger partial charge on any atom is -0.353 e. The van der Waals surface area contributed by atoms with Crippen LogP contribution in [0.1, 0.15) is 55.3 Å². The molecule has 1 aliphatic carbocycles.